The van der Waals surface area contributed by atoms with Crippen LogP contribution in [-0.2, 0) is 11.2 Å². The summed E-state index contributed by atoms with van der Waals surface area (Å²) in [5.41, 5.74) is 3.01. The van der Waals surface area contributed by atoms with Gasteiger partial charge in [0.2, 0.25) is 0 Å². The van der Waals surface area contributed by atoms with Crippen LogP contribution in [0.2, 0.25) is 0 Å². The van der Waals surface area contributed by atoms with Crippen LogP contribution in [0.25, 0.3) is 0 Å². The highest BCUT2D eigenvalue weighted by Gasteiger charge is 2.25. The number of aromatic nitrogens is 1. The van der Waals surface area contributed by atoms with Gasteiger partial charge in [-0.15, -0.1) is 11.3 Å². The first-order valence-electron chi connectivity index (χ1n) is 9.48. The average Bonchev–Trinajstić information content (AvgIpc) is 3.19. The number of amides is 2. The molecule has 0 spiro atoms. The number of urea groups is 1. The fraction of sp³-hybridized carbons (Fsp3) is 0.778. The summed E-state index contributed by atoms with van der Waals surface area (Å²) in [4.78, 5) is 22.5. The molecule has 2 saturated heterocycles. The number of rotatable bonds is 6. The number of hydrogen-bond donors (Lipinski definition) is 1. The van der Waals surface area contributed by atoms with E-state index in [0.717, 1.165) is 44.7 Å². The van der Waals surface area contributed by atoms with Crippen molar-refractivity contribution in [1.82, 2.24) is 20.1 Å². The molecule has 140 valence electrons. The number of carbonyl (C=O) groups is 1. The predicted molar refractivity (Wildman–Crippen MR) is 100 cm³/mol. The number of thiazole rings is 1. The normalized spacial score (nSPS) is 22.1. The molecule has 0 aliphatic carbocycles. The van der Waals surface area contributed by atoms with Crippen LogP contribution in [0.3, 0.4) is 0 Å². The maximum Gasteiger partial charge on any atom is 0.317 e. The number of nitrogens with zero attached hydrogens (tertiary/aromatic N) is 3. The molecule has 0 unspecified atom stereocenters. The van der Waals surface area contributed by atoms with E-state index < -0.39 is 0 Å². The molecule has 2 aliphatic rings. The molecule has 2 aliphatic heterocycles. The molecule has 0 bridgehead atoms. The first-order chi connectivity index (χ1) is 12.2. The summed E-state index contributed by atoms with van der Waals surface area (Å²) >= 11 is 1.70. The quantitative estimate of drug-likeness (QED) is 0.785. The van der Waals surface area contributed by atoms with E-state index in [9.17, 15) is 4.79 Å². The Labute approximate surface area is 154 Å². The lowest BCUT2D eigenvalue weighted by Gasteiger charge is -2.27. The van der Waals surface area contributed by atoms with Crippen LogP contribution < -0.4 is 5.32 Å². The number of carbonyl (C=O) groups excluding carboxylic acids is 1. The minimum atomic E-state index is 0.0537. The summed E-state index contributed by atoms with van der Waals surface area (Å²) in [7, 11) is 0. The van der Waals surface area contributed by atoms with Gasteiger partial charge in [-0.05, 0) is 52.1 Å². The summed E-state index contributed by atoms with van der Waals surface area (Å²) in [6.07, 6.45) is 5.58. The largest absolute Gasteiger partial charge is 0.375 e. The molecular formula is C18H30N4O2S. The highest BCUT2D eigenvalue weighted by molar-refractivity contribution is 7.09. The van der Waals surface area contributed by atoms with Crippen molar-refractivity contribution in [2.75, 3.05) is 45.9 Å². The Morgan fingerprint density at radius 2 is 2.20 bits per heavy atom. The van der Waals surface area contributed by atoms with Gasteiger partial charge in [-0.1, -0.05) is 0 Å². The first-order valence-corrected chi connectivity index (χ1v) is 10.4. The van der Waals surface area contributed by atoms with Crippen molar-refractivity contribution in [2.45, 2.75) is 45.1 Å². The number of hydrogen-bond acceptors (Lipinski definition) is 5. The van der Waals surface area contributed by atoms with Crippen molar-refractivity contribution in [2.24, 2.45) is 0 Å². The Kier molecular flexibility index (Phi) is 7.07. The van der Waals surface area contributed by atoms with Crippen LogP contribution in [0.1, 0.15) is 36.3 Å². The zero-order valence-electron chi connectivity index (χ0n) is 15.2. The zero-order valence-corrected chi connectivity index (χ0v) is 16.0. The fourth-order valence-electron chi connectivity index (χ4n) is 3.57. The molecule has 3 rings (SSSR count). The second-order valence-electron chi connectivity index (χ2n) is 7.00. The number of aryl methyl sites for hydroxylation is 2. The highest BCUT2D eigenvalue weighted by Crippen LogP contribution is 2.14. The summed E-state index contributed by atoms with van der Waals surface area (Å²) in [6, 6.07) is 0.0537. The van der Waals surface area contributed by atoms with Crippen LogP contribution in [0.5, 0.6) is 0 Å². The van der Waals surface area contributed by atoms with Crippen molar-refractivity contribution < 1.29 is 9.53 Å². The number of nitrogens with one attached hydrogen (secondary N) is 1. The van der Waals surface area contributed by atoms with E-state index in [1.54, 1.807) is 11.3 Å². The summed E-state index contributed by atoms with van der Waals surface area (Å²) in [5, 5.41) is 3.08. The lowest BCUT2D eigenvalue weighted by Crippen LogP contribution is -2.46. The van der Waals surface area contributed by atoms with Gasteiger partial charge >= 0.3 is 6.03 Å². The standard InChI is InChI=1S/C18H30N4O2S/c1-15-17(25-14-20-15)6-4-7-19-18(23)22-10-5-11-24-16(13-22)12-21-8-2-3-9-21/h14,16H,2-13H2,1H3,(H,19,23)/t16-/m1/s1. The molecule has 7 heteroatoms. The third kappa shape index (κ3) is 5.66. The van der Waals surface area contributed by atoms with E-state index >= 15 is 0 Å². The number of ether oxygens (including phenoxy) is 1. The molecule has 2 amide bonds. The van der Waals surface area contributed by atoms with Gasteiger partial charge in [0.05, 0.1) is 17.3 Å². The minimum absolute atomic E-state index is 0.0537. The topological polar surface area (TPSA) is 57.7 Å². The van der Waals surface area contributed by atoms with Crippen LogP contribution in [0, 0.1) is 6.92 Å². The molecule has 25 heavy (non-hydrogen) atoms. The van der Waals surface area contributed by atoms with Crippen LogP contribution in [-0.4, -0.2) is 72.8 Å². The van der Waals surface area contributed by atoms with Crippen LogP contribution in [0.4, 0.5) is 4.79 Å². The lowest BCUT2D eigenvalue weighted by atomic mass is 10.2. The van der Waals surface area contributed by atoms with Gasteiger partial charge in [0.1, 0.15) is 0 Å². The predicted octanol–water partition coefficient (Wildman–Crippen LogP) is 2.28. The maximum absolute atomic E-state index is 12.5. The molecule has 1 aromatic rings. The van der Waals surface area contributed by atoms with Gasteiger partial charge in [-0.3, -0.25) is 0 Å². The second kappa shape index (κ2) is 9.50. The van der Waals surface area contributed by atoms with Crippen molar-refractivity contribution in [3.63, 3.8) is 0 Å². The Hall–Kier alpha value is -1.18. The molecule has 1 atom stereocenters. The van der Waals surface area contributed by atoms with Crippen molar-refractivity contribution in [3.8, 4) is 0 Å². The fourth-order valence-corrected chi connectivity index (χ4v) is 4.39. The summed E-state index contributed by atoms with van der Waals surface area (Å²) in [6.45, 7) is 8.30. The van der Waals surface area contributed by atoms with E-state index in [-0.39, 0.29) is 12.1 Å². The molecular weight excluding hydrogens is 336 g/mol. The molecule has 0 aromatic carbocycles. The smallest absolute Gasteiger partial charge is 0.317 e. The van der Waals surface area contributed by atoms with Gasteiger partial charge in [-0.2, -0.15) is 0 Å². The van der Waals surface area contributed by atoms with E-state index in [1.807, 2.05) is 17.3 Å². The van der Waals surface area contributed by atoms with Crippen LogP contribution in [0.15, 0.2) is 5.51 Å². The minimum Gasteiger partial charge on any atom is -0.375 e. The van der Waals surface area contributed by atoms with E-state index in [4.69, 9.17) is 4.74 Å². The lowest BCUT2D eigenvalue weighted by molar-refractivity contribution is 0.0349. The molecule has 2 fully saturated rings. The molecule has 1 aromatic heterocycles. The van der Waals surface area contributed by atoms with Gasteiger partial charge in [0, 0.05) is 37.7 Å². The van der Waals surface area contributed by atoms with Crippen molar-refractivity contribution in [3.05, 3.63) is 16.1 Å². The van der Waals surface area contributed by atoms with Crippen LogP contribution >= 0.6 is 11.3 Å². The monoisotopic (exact) mass is 366 g/mol. The highest BCUT2D eigenvalue weighted by atomic mass is 32.1. The van der Waals surface area contributed by atoms with Crippen molar-refractivity contribution >= 4 is 17.4 Å². The average molecular weight is 367 g/mol. The Morgan fingerprint density at radius 3 is 2.96 bits per heavy atom. The van der Waals surface area contributed by atoms with E-state index in [1.165, 1.54) is 30.8 Å². The van der Waals surface area contributed by atoms with Gasteiger partial charge in [0.15, 0.2) is 0 Å². The molecule has 0 radical (unpaired) electrons. The SMILES string of the molecule is Cc1ncsc1CCCNC(=O)N1CCCO[C@H](CN2CCCC2)C1. The third-order valence-electron chi connectivity index (χ3n) is 5.00. The molecule has 6 nitrogen and oxygen atoms in total. The van der Waals surface area contributed by atoms with E-state index in [2.05, 4.69) is 15.2 Å². The number of likely N-dealkylation sites (tertiary alicyclic amines) is 1. The molecule has 3 heterocycles. The second-order valence-corrected chi connectivity index (χ2v) is 7.94. The van der Waals surface area contributed by atoms with Gasteiger partial charge in [-0.25, -0.2) is 9.78 Å². The third-order valence-corrected chi connectivity index (χ3v) is 5.99. The summed E-state index contributed by atoms with van der Waals surface area (Å²) < 4.78 is 5.96. The van der Waals surface area contributed by atoms with Gasteiger partial charge in [0.25, 0.3) is 0 Å². The Morgan fingerprint density at radius 1 is 1.36 bits per heavy atom. The Balaban J connectivity index is 1.39. The van der Waals surface area contributed by atoms with E-state index in [0.29, 0.717) is 13.1 Å². The Bertz CT molecular complexity index is 545. The first kappa shape index (κ1) is 18.6. The molecule has 1 N–H and O–H groups in total. The molecule has 0 saturated carbocycles. The van der Waals surface area contributed by atoms with Gasteiger partial charge < -0.3 is 19.9 Å². The van der Waals surface area contributed by atoms with Crippen molar-refractivity contribution in [1.29, 1.82) is 0 Å². The zero-order chi connectivity index (χ0) is 17.5. The maximum atomic E-state index is 12.5. The summed E-state index contributed by atoms with van der Waals surface area (Å²) in [5.74, 6) is 0.